The lowest BCUT2D eigenvalue weighted by atomic mass is 9.95. The molecule has 0 aliphatic heterocycles. The Bertz CT molecular complexity index is 986. The quantitative estimate of drug-likeness (QED) is 0.514. The van der Waals surface area contributed by atoms with Gasteiger partial charge in [-0.1, -0.05) is 85.1 Å². The molecule has 3 aromatic rings. The minimum Gasteiger partial charge on any atom is -0.353 e. The van der Waals surface area contributed by atoms with Crippen LogP contribution in [-0.4, -0.2) is 32.5 Å². The van der Waals surface area contributed by atoms with E-state index in [1.54, 1.807) is 0 Å². The van der Waals surface area contributed by atoms with E-state index in [0.717, 1.165) is 24.0 Å². The van der Waals surface area contributed by atoms with Crippen LogP contribution in [0.5, 0.6) is 0 Å². The Morgan fingerprint density at radius 1 is 1.03 bits per heavy atom. The zero-order valence-corrected chi connectivity index (χ0v) is 18.3. The van der Waals surface area contributed by atoms with Crippen molar-refractivity contribution >= 4 is 29.3 Å². The Hall–Kier alpha value is -2.31. The summed E-state index contributed by atoms with van der Waals surface area (Å²) >= 11 is 7.85. The van der Waals surface area contributed by atoms with Crippen LogP contribution < -0.4 is 5.32 Å². The number of nitrogens with zero attached hydrogens (tertiary/aromatic N) is 3. The minimum atomic E-state index is 0.0560. The normalized spacial score (nSPS) is 14.6. The van der Waals surface area contributed by atoms with Gasteiger partial charge in [0, 0.05) is 11.6 Å². The van der Waals surface area contributed by atoms with Crippen molar-refractivity contribution in [1.29, 1.82) is 0 Å². The molecular formula is C23H25ClN4OS. The van der Waals surface area contributed by atoms with Crippen molar-refractivity contribution in [2.24, 2.45) is 0 Å². The number of hydrogen-bond donors (Lipinski definition) is 1. The maximum Gasteiger partial charge on any atom is 0.230 e. The van der Waals surface area contributed by atoms with E-state index >= 15 is 0 Å². The molecule has 1 N–H and O–H groups in total. The van der Waals surface area contributed by atoms with E-state index < -0.39 is 0 Å². The Morgan fingerprint density at radius 3 is 2.53 bits per heavy atom. The molecule has 7 heteroatoms. The van der Waals surface area contributed by atoms with Crippen LogP contribution >= 0.6 is 23.4 Å². The SMILES string of the molecule is O=C(CSc1nnc(-c2ccccc2Cl)n1Cc1ccccc1)NC1CCCCC1. The van der Waals surface area contributed by atoms with E-state index in [-0.39, 0.29) is 5.91 Å². The fourth-order valence-corrected chi connectivity index (χ4v) is 4.76. The molecule has 2 aromatic carbocycles. The highest BCUT2D eigenvalue weighted by atomic mass is 35.5. The molecule has 1 saturated carbocycles. The second kappa shape index (κ2) is 10.1. The number of halogens is 1. The number of hydrogen-bond acceptors (Lipinski definition) is 4. The lowest BCUT2D eigenvalue weighted by Gasteiger charge is -2.22. The first kappa shape index (κ1) is 20.9. The van der Waals surface area contributed by atoms with Crippen molar-refractivity contribution in [2.75, 3.05) is 5.75 Å². The Kier molecular flexibility index (Phi) is 7.07. The van der Waals surface area contributed by atoms with Crippen molar-refractivity contribution in [3.63, 3.8) is 0 Å². The zero-order chi connectivity index (χ0) is 20.8. The maximum absolute atomic E-state index is 12.5. The summed E-state index contributed by atoms with van der Waals surface area (Å²) in [6.07, 6.45) is 5.83. The molecule has 1 heterocycles. The van der Waals surface area contributed by atoms with Gasteiger partial charge in [0.05, 0.1) is 17.3 Å². The number of carbonyl (C=O) groups is 1. The van der Waals surface area contributed by atoms with E-state index in [1.807, 2.05) is 47.0 Å². The third kappa shape index (κ3) is 5.24. The topological polar surface area (TPSA) is 59.8 Å². The van der Waals surface area contributed by atoms with Crippen LogP contribution in [0.15, 0.2) is 59.8 Å². The molecule has 0 unspecified atom stereocenters. The summed E-state index contributed by atoms with van der Waals surface area (Å²) in [5.41, 5.74) is 1.97. The highest BCUT2D eigenvalue weighted by Crippen LogP contribution is 2.30. The van der Waals surface area contributed by atoms with Gasteiger partial charge in [-0.05, 0) is 30.5 Å². The molecule has 156 valence electrons. The Morgan fingerprint density at radius 2 is 1.77 bits per heavy atom. The third-order valence-electron chi connectivity index (χ3n) is 5.32. The van der Waals surface area contributed by atoms with E-state index in [2.05, 4.69) is 27.6 Å². The highest BCUT2D eigenvalue weighted by Gasteiger charge is 2.19. The molecule has 0 atom stereocenters. The first-order valence-electron chi connectivity index (χ1n) is 10.3. The van der Waals surface area contributed by atoms with Crippen molar-refractivity contribution < 1.29 is 4.79 Å². The van der Waals surface area contributed by atoms with Crippen molar-refractivity contribution in [2.45, 2.75) is 49.8 Å². The molecule has 4 rings (SSSR count). The second-order valence-electron chi connectivity index (χ2n) is 7.55. The van der Waals surface area contributed by atoms with Crippen LogP contribution in [0.25, 0.3) is 11.4 Å². The van der Waals surface area contributed by atoms with Gasteiger partial charge in [-0.25, -0.2) is 0 Å². The molecule has 1 aliphatic carbocycles. The molecule has 0 spiro atoms. The van der Waals surface area contributed by atoms with Crippen LogP contribution in [-0.2, 0) is 11.3 Å². The summed E-state index contributed by atoms with van der Waals surface area (Å²) in [6.45, 7) is 0.612. The van der Waals surface area contributed by atoms with Gasteiger partial charge in [-0.3, -0.25) is 9.36 Å². The molecule has 30 heavy (non-hydrogen) atoms. The average molecular weight is 441 g/mol. The maximum atomic E-state index is 12.5. The molecule has 5 nitrogen and oxygen atoms in total. The first-order chi connectivity index (χ1) is 14.7. The second-order valence-corrected chi connectivity index (χ2v) is 8.90. The molecule has 1 aliphatic rings. The predicted octanol–water partition coefficient (Wildman–Crippen LogP) is 5.19. The largest absolute Gasteiger partial charge is 0.353 e. The smallest absolute Gasteiger partial charge is 0.230 e. The molecule has 1 aromatic heterocycles. The number of thioether (sulfide) groups is 1. The summed E-state index contributed by atoms with van der Waals surface area (Å²) in [7, 11) is 0. The summed E-state index contributed by atoms with van der Waals surface area (Å²) in [5, 5.41) is 13.3. The fraction of sp³-hybridized carbons (Fsp3) is 0.348. The van der Waals surface area contributed by atoms with Gasteiger partial charge in [0.25, 0.3) is 0 Å². The third-order valence-corrected chi connectivity index (χ3v) is 6.61. The highest BCUT2D eigenvalue weighted by molar-refractivity contribution is 7.99. The summed E-state index contributed by atoms with van der Waals surface area (Å²) in [4.78, 5) is 12.5. The lowest BCUT2D eigenvalue weighted by Crippen LogP contribution is -2.37. The monoisotopic (exact) mass is 440 g/mol. The molecular weight excluding hydrogens is 416 g/mol. The van der Waals surface area contributed by atoms with Gasteiger partial charge in [-0.2, -0.15) is 0 Å². The number of amides is 1. The van der Waals surface area contributed by atoms with E-state index in [4.69, 9.17) is 11.6 Å². The lowest BCUT2D eigenvalue weighted by molar-refractivity contribution is -0.119. The van der Waals surface area contributed by atoms with Gasteiger partial charge in [0.15, 0.2) is 11.0 Å². The Labute approximate surface area is 186 Å². The van der Waals surface area contributed by atoms with E-state index in [0.29, 0.717) is 34.3 Å². The average Bonchev–Trinajstić information content (AvgIpc) is 3.16. The van der Waals surface area contributed by atoms with Gasteiger partial charge in [0.1, 0.15) is 0 Å². The van der Waals surface area contributed by atoms with Gasteiger partial charge >= 0.3 is 0 Å². The van der Waals surface area contributed by atoms with Crippen molar-refractivity contribution in [1.82, 2.24) is 20.1 Å². The summed E-state index contributed by atoms with van der Waals surface area (Å²) in [5.74, 6) is 1.09. The zero-order valence-electron chi connectivity index (χ0n) is 16.8. The fourth-order valence-electron chi connectivity index (χ4n) is 3.79. The van der Waals surface area contributed by atoms with Crippen LogP contribution in [0.4, 0.5) is 0 Å². The number of benzene rings is 2. The van der Waals surface area contributed by atoms with Crippen molar-refractivity contribution in [3.05, 3.63) is 65.2 Å². The number of carbonyl (C=O) groups excluding carboxylic acids is 1. The van der Waals surface area contributed by atoms with Gasteiger partial charge < -0.3 is 5.32 Å². The predicted molar refractivity (Wildman–Crippen MR) is 122 cm³/mol. The molecule has 0 saturated heterocycles. The number of aromatic nitrogens is 3. The summed E-state index contributed by atoms with van der Waals surface area (Å²) < 4.78 is 2.04. The number of nitrogens with one attached hydrogen (secondary N) is 1. The van der Waals surface area contributed by atoms with Crippen molar-refractivity contribution in [3.8, 4) is 11.4 Å². The van der Waals surface area contributed by atoms with E-state index in [9.17, 15) is 4.79 Å². The van der Waals surface area contributed by atoms with Gasteiger partial charge in [-0.15, -0.1) is 10.2 Å². The standard InChI is InChI=1S/C23H25ClN4OS/c24-20-14-8-7-13-19(20)22-26-27-23(28(22)15-17-9-3-1-4-10-17)30-16-21(29)25-18-11-5-2-6-12-18/h1,3-4,7-10,13-14,18H,2,5-6,11-12,15-16H2,(H,25,29). The van der Waals surface area contributed by atoms with Crippen LogP contribution in [0.1, 0.15) is 37.7 Å². The molecule has 1 fully saturated rings. The van der Waals surface area contributed by atoms with Crippen LogP contribution in [0.3, 0.4) is 0 Å². The molecule has 1 amide bonds. The molecule has 0 radical (unpaired) electrons. The number of rotatable bonds is 7. The Balaban J connectivity index is 1.53. The first-order valence-corrected chi connectivity index (χ1v) is 11.7. The molecule has 0 bridgehead atoms. The van der Waals surface area contributed by atoms with Crippen LogP contribution in [0.2, 0.25) is 5.02 Å². The van der Waals surface area contributed by atoms with Crippen LogP contribution in [0, 0.1) is 0 Å². The van der Waals surface area contributed by atoms with Gasteiger partial charge in [0.2, 0.25) is 5.91 Å². The minimum absolute atomic E-state index is 0.0560. The summed E-state index contributed by atoms with van der Waals surface area (Å²) in [6, 6.07) is 18.1. The van der Waals surface area contributed by atoms with E-state index in [1.165, 1.54) is 31.0 Å².